The Balaban J connectivity index is 0.000000490. The van der Waals surface area contributed by atoms with E-state index in [2.05, 4.69) is 15.0 Å². The summed E-state index contributed by atoms with van der Waals surface area (Å²) >= 11 is 0. The van der Waals surface area contributed by atoms with E-state index >= 15 is 0 Å². The first-order chi connectivity index (χ1) is 3.43. The molecule has 0 amide bonds. The third kappa shape index (κ3) is 1.42. The van der Waals surface area contributed by atoms with E-state index in [0.717, 1.165) is 5.82 Å². The molecule has 0 aliphatic carbocycles. The van der Waals surface area contributed by atoms with E-state index in [9.17, 15) is 0 Å². The van der Waals surface area contributed by atoms with Crippen molar-refractivity contribution in [3.8, 4) is 0 Å². The summed E-state index contributed by atoms with van der Waals surface area (Å²) in [6, 6.07) is 1.75. The molecule has 0 bridgehead atoms. The molecule has 3 nitrogen and oxygen atoms in total. The molecule has 0 radical (unpaired) electrons. The number of hydrogen-bond acceptors (Lipinski definition) is 3. The van der Waals surface area contributed by atoms with E-state index in [-0.39, 0.29) is 12.4 Å². The van der Waals surface area contributed by atoms with E-state index in [0.29, 0.717) is 0 Å². The lowest BCUT2D eigenvalue weighted by Gasteiger charge is -1.82. The summed E-state index contributed by atoms with van der Waals surface area (Å²) < 4.78 is 4.49. The number of nitrogens with one attached hydrogen (secondary N) is 1. The minimum atomic E-state index is 0. The van der Waals surface area contributed by atoms with E-state index in [4.69, 9.17) is 0 Å². The number of nitrogens with zero attached hydrogens (tertiary/aromatic N) is 1. The maximum atomic E-state index is 4.49. The minimum Gasteiger partial charge on any atom is -0.370 e. The van der Waals surface area contributed by atoms with E-state index in [1.54, 1.807) is 13.1 Å². The van der Waals surface area contributed by atoms with Gasteiger partial charge < -0.3 is 9.84 Å². The van der Waals surface area contributed by atoms with Crippen molar-refractivity contribution in [1.29, 1.82) is 0 Å². The second-order valence-electron chi connectivity index (χ2n) is 1.13. The van der Waals surface area contributed by atoms with Gasteiger partial charge in [-0.2, -0.15) is 0 Å². The standard InChI is InChI=1S/C4H6N2O.ClH/c1-5-4-2-3-7-6-4;/h2-3H,1H3,(H,5,6);1H. The molecule has 8 heavy (non-hydrogen) atoms. The Morgan fingerprint density at radius 2 is 2.50 bits per heavy atom. The zero-order valence-electron chi connectivity index (χ0n) is 4.42. The van der Waals surface area contributed by atoms with E-state index < -0.39 is 0 Å². The van der Waals surface area contributed by atoms with Crippen LogP contribution in [0.3, 0.4) is 0 Å². The van der Waals surface area contributed by atoms with Gasteiger partial charge in [0.05, 0.1) is 0 Å². The Morgan fingerprint density at radius 3 is 2.75 bits per heavy atom. The van der Waals surface area contributed by atoms with Crippen molar-refractivity contribution in [2.24, 2.45) is 0 Å². The van der Waals surface area contributed by atoms with Gasteiger partial charge in [-0.15, -0.1) is 12.4 Å². The van der Waals surface area contributed by atoms with Crippen molar-refractivity contribution in [2.75, 3.05) is 12.4 Å². The van der Waals surface area contributed by atoms with Gasteiger partial charge in [0.2, 0.25) is 0 Å². The first kappa shape index (κ1) is 7.30. The molecular weight excluding hydrogens is 128 g/mol. The molecule has 0 aliphatic rings. The molecule has 1 rings (SSSR count). The second-order valence-corrected chi connectivity index (χ2v) is 1.13. The highest BCUT2D eigenvalue weighted by Crippen LogP contribution is 1.96. The number of anilines is 1. The third-order valence-corrected chi connectivity index (χ3v) is 0.694. The number of halogens is 1. The molecule has 1 heterocycles. The zero-order valence-corrected chi connectivity index (χ0v) is 5.23. The molecule has 1 aromatic heterocycles. The number of hydrogen-bond donors (Lipinski definition) is 1. The summed E-state index contributed by atoms with van der Waals surface area (Å²) in [6.07, 6.45) is 1.52. The molecule has 46 valence electrons. The predicted molar refractivity (Wildman–Crippen MR) is 33.3 cm³/mol. The predicted octanol–water partition coefficient (Wildman–Crippen LogP) is 1.14. The van der Waals surface area contributed by atoms with Gasteiger partial charge in [0, 0.05) is 13.1 Å². The average Bonchev–Trinajstić information content (AvgIpc) is 2.14. The van der Waals surface area contributed by atoms with Crippen molar-refractivity contribution in [2.45, 2.75) is 0 Å². The summed E-state index contributed by atoms with van der Waals surface area (Å²) in [5, 5.41) is 6.35. The monoisotopic (exact) mass is 134 g/mol. The summed E-state index contributed by atoms with van der Waals surface area (Å²) in [5.74, 6) is 0.764. The SMILES string of the molecule is CNc1ccon1.Cl. The molecule has 0 saturated heterocycles. The maximum Gasteiger partial charge on any atom is 0.169 e. The fraction of sp³-hybridized carbons (Fsp3) is 0.250. The number of aromatic nitrogens is 1. The van der Waals surface area contributed by atoms with Gasteiger partial charge in [0.25, 0.3) is 0 Å². The van der Waals surface area contributed by atoms with Gasteiger partial charge in [0.1, 0.15) is 6.26 Å². The topological polar surface area (TPSA) is 38.1 Å². The van der Waals surface area contributed by atoms with Crippen LogP contribution in [0.25, 0.3) is 0 Å². The van der Waals surface area contributed by atoms with Crippen LogP contribution in [-0.4, -0.2) is 12.2 Å². The van der Waals surface area contributed by atoms with Crippen molar-refractivity contribution in [3.05, 3.63) is 12.3 Å². The van der Waals surface area contributed by atoms with Gasteiger partial charge >= 0.3 is 0 Å². The van der Waals surface area contributed by atoms with Crippen LogP contribution in [-0.2, 0) is 0 Å². The Morgan fingerprint density at radius 1 is 1.75 bits per heavy atom. The van der Waals surface area contributed by atoms with Crippen LogP contribution < -0.4 is 5.32 Å². The minimum absolute atomic E-state index is 0. The molecule has 0 aliphatic heterocycles. The maximum absolute atomic E-state index is 4.49. The van der Waals surface area contributed by atoms with Crippen LogP contribution in [0, 0.1) is 0 Å². The summed E-state index contributed by atoms with van der Waals surface area (Å²) in [6.45, 7) is 0. The molecule has 0 unspecified atom stereocenters. The molecule has 0 aromatic carbocycles. The Hall–Kier alpha value is -0.700. The first-order valence-electron chi connectivity index (χ1n) is 2.01. The van der Waals surface area contributed by atoms with Gasteiger partial charge in [-0.25, -0.2) is 0 Å². The van der Waals surface area contributed by atoms with Crippen molar-refractivity contribution >= 4 is 18.2 Å². The molecule has 0 fully saturated rings. The highest BCUT2D eigenvalue weighted by atomic mass is 35.5. The molecular formula is C4H7ClN2O. The molecule has 1 N–H and O–H groups in total. The van der Waals surface area contributed by atoms with Crippen LogP contribution in [0.2, 0.25) is 0 Å². The lowest BCUT2D eigenvalue weighted by atomic mass is 10.7. The van der Waals surface area contributed by atoms with Crippen molar-refractivity contribution in [3.63, 3.8) is 0 Å². The summed E-state index contributed by atoms with van der Waals surface area (Å²) in [4.78, 5) is 0. The molecule has 0 atom stereocenters. The average molecular weight is 135 g/mol. The van der Waals surface area contributed by atoms with Crippen LogP contribution in [0.1, 0.15) is 0 Å². The van der Waals surface area contributed by atoms with Gasteiger partial charge in [-0.3, -0.25) is 0 Å². The number of rotatable bonds is 1. The first-order valence-corrected chi connectivity index (χ1v) is 2.01. The van der Waals surface area contributed by atoms with Crippen LogP contribution >= 0.6 is 12.4 Å². The smallest absolute Gasteiger partial charge is 0.169 e. The normalized spacial score (nSPS) is 7.62. The quantitative estimate of drug-likeness (QED) is 0.626. The Kier molecular flexibility index (Phi) is 3.03. The second kappa shape index (κ2) is 3.32. The summed E-state index contributed by atoms with van der Waals surface area (Å²) in [7, 11) is 1.79. The molecule has 4 heteroatoms. The molecule has 0 saturated carbocycles. The zero-order chi connectivity index (χ0) is 5.11. The summed E-state index contributed by atoms with van der Waals surface area (Å²) in [5.41, 5.74) is 0. The third-order valence-electron chi connectivity index (χ3n) is 0.694. The lowest BCUT2D eigenvalue weighted by molar-refractivity contribution is 0.422. The van der Waals surface area contributed by atoms with Gasteiger partial charge in [-0.1, -0.05) is 5.16 Å². The van der Waals surface area contributed by atoms with Crippen LogP contribution in [0.5, 0.6) is 0 Å². The molecule has 1 aromatic rings. The van der Waals surface area contributed by atoms with E-state index in [1.165, 1.54) is 6.26 Å². The Labute approximate surface area is 53.5 Å². The largest absolute Gasteiger partial charge is 0.370 e. The fourth-order valence-electron chi connectivity index (χ4n) is 0.341. The highest BCUT2D eigenvalue weighted by molar-refractivity contribution is 5.85. The fourth-order valence-corrected chi connectivity index (χ4v) is 0.341. The molecule has 0 spiro atoms. The Bertz CT molecular complexity index is 129. The van der Waals surface area contributed by atoms with Gasteiger partial charge in [-0.05, 0) is 0 Å². The van der Waals surface area contributed by atoms with Crippen LogP contribution in [0.15, 0.2) is 16.9 Å². The van der Waals surface area contributed by atoms with Crippen molar-refractivity contribution in [1.82, 2.24) is 5.16 Å². The van der Waals surface area contributed by atoms with Gasteiger partial charge in [0.15, 0.2) is 5.82 Å². The van der Waals surface area contributed by atoms with Crippen LogP contribution in [0.4, 0.5) is 5.82 Å². The highest BCUT2D eigenvalue weighted by Gasteiger charge is 1.84. The van der Waals surface area contributed by atoms with E-state index in [1.807, 2.05) is 0 Å². The van der Waals surface area contributed by atoms with Crippen molar-refractivity contribution < 1.29 is 4.52 Å². The lowest BCUT2D eigenvalue weighted by Crippen LogP contribution is -1.84.